The van der Waals surface area contributed by atoms with Crippen molar-refractivity contribution in [3.63, 3.8) is 0 Å². The van der Waals surface area contributed by atoms with Crippen LogP contribution in [0.25, 0.3) is 0 Å². The largest absolute Gasteiger partial charge is 0.391 e. The number of aliphatic hydroxyl groups is 1. The Morgan fingerprint density at radius 1 is 1.30 bits per heavy atom. The minimum Gasteiger partial charge on any atom is -0.391 e. The molecule has 1 amide bonds. The van der Waals surface area contributed by atoms with Gasteiger partial charge in [-0.15, -0.1) is 5.10 Å². The number of aliphatic hydroxyl groups excluding tert-OH is 1. The second-order valence-corrected chi connectivity index (χ2v) is 6.54. The summed E-state index contributed by atoms with van der Waals surface area (Å²) in [6.07, 6.45) is 4.24. The maximum Gasteiger partial charge on any atom is 0.291 e. The molecule has 20 heavy (non-hydrogen) atoms. The lowest BCUT2D eigenvalue weighted by Crippen LogP contribution is -2.43. The molecule has 112 valence electrons. The molecule has 0 aliphatic heterocycles. The Labute approximate surface area is 119 Å². The van der Waals surface area contributed by atoms with Crippen LogP contribution in [0.1, 0.15) is 69.3 Å². The fraction of sp³-hybridized carbons (Fsp3) is 0.786. The van der Waals surface area contributed by atoms with Crippen LogP contribution in [0.4, 0.5) is 0 Å². The van der Waals surface area contributed by atoms with Crippen molar-refractivity contribution < 1.29 is 9.90 Å². The van der Waals surface area contributed by atoms with E-state index in [-0.39, 0.29) is 23.2 Å². The quantitative estimate of drug-likeness (QED) is 0.716. The number of hydrogen-bond acceptors (Lipinski definition) is 4. The Bertz CT molecular complexity index is 464. The van der Waals surface area contributed by atoms with E-state index in [1.54, 1.807) is 0 Å². The number of rotatable bonds is 2. The zero-order valence-electron chi connectivity index (χ0n) is 12.4. The van der Waals surface area contributed by atoms with Crippen molar-refractivity contribution in [1.82, 2.24) is 20.5 Å². The molecule has 1 aromatic heterocycles. The Morgan fingerprint density at radius 3 is 2.65 bits per heavy atom. The third-order valence-corrected chi connectivity index (χ3v) is 3.69. The van der Waals surface area contributed by atoms with Gasteiger partial charge in [-0.3, -0.25) is 9.89 Å². The van der Waals surface area contributed by atoms with Gasteiger partial charge in [0, 0.05) is 5.41 Å². The molecule has 6 heteroatoms. The van der Waals surface area contributed by atoms with E-state index < -0.39 is 6.10 Å². The Kier molecular flexibility index (Phi) is 4.42. The van der Waals surface area contributed by atoms with Gasteiger partial charge < -0.3 is 10.4 Å². The molecule has 1 heterocycles. The highest BCUT2D eigenvalue weighted by atomic mass is 16.3. The minimum atomic E-state index is -0.470. The zero-order valence-corrected chi connectivity index (χ0v) is 12.4. The number of carbonyl (C=O) groups is 1. The van der Waals surface area contributed by atoms with Crippen LogP contribution in [0.5, 0.6) is 0 Å². The van der Waals surface area contributed by atoms with Crippen LogP contribution in [0.15, 0.2) is 0 Å². The van der Waals surface area contributed by atoms with Gasteiger partial charge in [0.25, 0.3) is 5.91 Å². The molecule has 1 saturated carbocycles. The monoisotopic (exact) mass is 280 g/mol. The molecule has 2 unspecified atom stereocenters. The minimum absolute atomic E-state index is 0.145. The van der Waals surface area contributed by atoms with Gasteiger partial charge in [-0.25, -0.2) is 4.98 Å². The van der Waals surface area contributed by atoms with Crippen molar-refractivity contribution in [2.24, 2.45) is 0 Å². The standard InChI is InChI=1S/C14H24N4O2/c1-14(2,3)13-16-11(17-18-13)12(20)15-9-7-5-4-6-8-10(9)19/h9-10,19H,4-8H2,1-3H3,(H,15,20)(H,16,17,18). The maximum absolute atomic E-state index is 12.1. The van der Waals surface area contributed by atoms with Gasteiger partial charge >= 0.3 is 0 Å². The zero-order chi connectivity index (χ0) is 14.8. The van der Waals surface area contributed by atoms with Crippen molar-refractivity contribution in [1.29, 1.82) is 0 Å². The van der Waals surface area contributed by atoms with Crippen LogP contribution < -0.4 is 5.32 Å². The van der Waals surface area contributed by atoms with Gasteiger partial charge in [-0.1, -0.05) is 40.0 Å². The summed E-state index contributed by atoms with van der Waals surface area (Å²) >= 11 is 0. The fourth-order valence-corrected chi connectivity index (χ4v) is 2.39. The van der Waals surface area contributed by atoms with Crippen molar-refractivity contribution in [2.75, 3.05) is 0 Å². The van der Waals surface area contributed by atoms with Crippen molar-refractivity contribution >= 4 is 5.91 Å². The molecule has 0 radical (unpaired) electrons. The maximum atomic E-state index is 12.1. The average molecular weight is 280 g/mol. The summed E-state index contributed by atoms with van der Waals surface area (Å²) in [5.74, 6) is 0.512. The number of aromatic nitrogens is 3. The van der Waals surface area contributed by atoms with Gasteiger partial charge in [0.1, 0.15) is 5.82 Å². The molecular formula is C14H24N4O2. The number of carbonyl (C=O) groups excluding carboxylic acids is 1. The summed E-state index contributed by atoms with van der Waals surface area (Å²) in [7, 11) is 0. The predicted octanol–water partition coefficient (Wildman–Crippen LogP) is 1.53. The third kappa shape index (κ3) is 3.56. The highest BCUT2D eigenvalue weighted by Crippen LogP contribution is 2.19. The molecule has 3 N–H and O–H groups in total. The molecule has 0 bridgehead atoms. The first kappa shape index (κ1) is 15.0. The van der Waals surface area contributed by atoms with Crippen LogP contribution in [0.3, 0.4) is 0 Å². The van der Waals surface area contributed by atoms with Crippen molar-refractivity contribution in [3.8, 4) is 0 Å². The second kappa shape index (κ2) is 5.91. The molecule has 2 rings (SSSR count). The van der Waals surface area contributed by atoms with Gasteiger partial charge in [0.05, 0.1) is 12.1 Å². The van der Waals surface area contributed by atoms with Crippen molar-refractivity contribution in [3.05, 3.63) is 11.6 Å². The van der Waals surface area contributed by atoms with Crippen LogP contribution >= 0.6 is 0 Å². The fourth-order valence-electron chi connectivity index (χ4n) is 2.39. The highest BCUT2D eigenvalue weighted by molar-refractivity contribution is 5.90. The molecule has 1 fully saturated rings. The summed E-state index contributed by atoms with van der Waals surface area (Å²) < 4.78 is 0. The van der Waals surface area contributed by atoms with Gasteiger partial charge in [0.15, 0.2) is 0 Å². The summed E-state index contributed by atoms with van der Waals surface area (Å²) in [5.41, 5.74) is -0.173. The van der Waals surface area contributed by atoms with Crippen LogP contribution in [0.2, 0.25) is 0 Å². The molecule has 1 aliphatic rings. The number of nitrogens with one attached hydrogen (secondary N) is 2. The average Bonchev–Trinajstić information content (AvgIpc) is 2.78. The first-order valence-corrected chi connectivity index (χ1v) is 7.30. The number of amides is 1. The van der Waals surface area contributed by atoms with E-state index in [0.29, 0.717) is 5.82 Å². The Balaban J connectivity index is 2.02. The number of hydrogen-bond donors (Lipinski definition) is 3. The summed E-state index contributed by atoms with van der Waals surface area (Å²) in [5, 5.41) is 19.6. The first-order chi connectivity index (χ1) is 9.38. The smallest absolute Gasteiger partial charge is 0.291 e. The Morgan fingerprint density at radius 2 is 2.00 bits per heavy atom. The lowest BCUT2D eigenvalue weighted by Gasteiger charge is -2.20. The predicted molar refractivity (Wildman–Crippen MR) is 75.4 cm³/mol. The van der Waals surface area contributed by atoms with Crippen LogP contribution in [-0.4, -0.2) is 38.3 Å². The van der Waals surface area contributed by atoms with E-state index in [1.165, 1.54) is 0 Å². The van der Waals surface area contributed by atoms with E-state index in [0.717, 1.165) is 32.1 Å². The van der Waals surface area contributed by atoms with E-state index in [9.17, 15) is 9.90 Å². The van der Waals surface area contributed by atoms with E-state index in [2.05, 4.69) is 20.5 Å². The summed E-state index contributed by atoms with van der Waals surface area (Å²) in [4.78, 5) is 16.4. The number of H-pyrrole nitrogens is 1. The lowest BCUT2D eigenvalue weighted by molar-refractivity contribution is 0.0809. The van der Waals surface area contributed by atoms with Gasteiger partial charge in [-0.05, 0) is 12.8 Å². The molecule has 0 aromatic carbocycles. The molecule has 1 aliphatic carbocycles. The molecule has 0 saturated heterocycles. The lowest BCUT2D eigenvalue weighted by atomic mass is 9.96. The highest BCUT2D eigenvalue weighted by Gasteiger charge is 2.26. The van der Waals surface area contributed by atoms with E-state index >= 15 is 0 Å². The van der Waals surface area contributed by atoms with Crippen LogP contribution in [-0.2, 0) is 5.41 Å². The normalized spacial score (nSPS) is 24.2. The molecule has 6 nitrogen and oxygen atoms in total. The van der Waals surface area contributed by atoms with E-state index in [4.69, 9.17) is 0 Å². The number of aromatic amines is 1. The molecular weight excluding hydrogens is 256 g/mol. The number of nitrogens with zero attached hydrogens (tertiary/aromatic N) is 2. The molecule has 2 atom stereocenters. The van der Waals surface area contributed by atoms with Crippen molar-refractivity contribution in [2.45, 2.75) is 70.4 Å². The second-order valence-electron chi connectivity index (χ2n) is 6.54. The SMILES string of the molecule is CC(C)(C)c1nc(C(=O)NC2CCCCCC2O)n[nH]1. The van der Waals surface area contributed by atoms with Gasteiger partial charge in [-0.2, -0.15) is 0 Å². The van der Waals surface area contributed by atoms with Gasteiger partial charge in [0.2, 0.25) is 5.82 Å². The van der Waals surface area contributed by atoms with E-state index in [1.807, 2.05) is 20.8 Å². The topological polar surface area (TPSA) is 90.9 Å². The summed E-state index contributed by atoms with van der Waals surface area (Å²) in [6, 6.07) is -0.193. The molecule has 1 aromatic rings. The molecule has 0 spiro atoms. The first-order valence-electron chi connectivity index (χ1n) is 7.30. The third-order valence-electron chi connectivity index (χ3n) is 3.69. The Hall–Kier alpha value is -1.43. The summed E-state index contributed by atoms with van der Waals surface area (Å²) in [6.45, 7) is 6.01. The van der Waals surface area contributed by atoms with Crippen LogP contribution in [0, 0.1) is 0 Å².